The van der Waals surface area contributed by atoms with Crippen molar-refractivity contribution in [3.8, 4) is 5.75 Å². The number of rotatable bonds is 3. The van der Waals surface area contributed by atoms with E-state index in [0.29, 0.717) is 18.9 Å². The van der Waals surface area contributed by atoms with Crippen LogP contribution in [0, 0.1) is 0 Å². The molecule has 1 saturated heterocycles. The molecule has 6 heteroatoms. The lowest BCUT2D eigenvalue weighted by atomic mass is 10.3. The fraction of sp³-hybridized carbons (Fsp3) is 0.400. The summed E-state index contributed by atoms with van der Waals surface area (Å²) in [6.07, 6.45) is 0.725. The molecule has 0 aliphatic carbocycles. The zero-order valence-corrected chi connectivity index (χ0v) is 9.74. The van der Waals surface area contributed by atoms with Crippen LogP contribution in [0.1, 0.15) is 6.42 Å². The van der Waals surface area contributed by atoms with Crippen LogP contribution < -0.4 is 4.74 Å². The van der Waals surface area contributed by atoms with Crippen molar-refractivity contribution in [3.05, 3.63) is 24.3 Å². The van der Waals surface area contributed by atoms with Gasteiger partial charge in [0.1, 0.15) is 5.75 Å². The summed E-state index contributed by atoms with van der Waals surface area (Å²) in [5.41, 5.74) is 0. The predicted molar refractivity (Wildman–Crippen MR) is 57.5 cm³/mol. The van der Waals surface area contributed by atoms with Gasteiger partial charge >= 0.3 is 0 Å². The van der Waals surface area contributed by atoms with Gasteiger partial charge in [-0.05, 0) is 18.6 Å². The number of nitrogens with zero attached hydrogens (tertiary/aromatic N) is 1. The Bertz CT molecular complexity index is 465. The van der Waals surface area contributed by atoms with Crippen molar-refractivity contribution in [1.29, 1.82) is 0 Å². The number of hydroxylamine groups is 1. The summed E-state index contributed by atoms with van der Waals surface area (Å²) in [4.78, 5) is 5.24. The Labute approximate surface area is 94.6 Å². The van der Waals surface area contributed by atoms with Gasteiger partial charge in [-0.1, -0.05) is 10.5 Å². The van der Waals surface area contributed by atoms with Gasteiger partial charge < -0.3 is 4.74 Å². The molecule has 1 fully saturated rings. The summed E-state index contributed by atoms with van der Waals surface area (Å²) in [5, 5.41) is 0. The molecule has 1 heterocycles. The molecule has 1 aliphatic heterocycles. The van der Waals surface area contributed by atoms with Crippen LogP contribution >= 0.6 is 0 Å². The van der Waals surface area contributed by atoms with E-state index in [9.17, 15) is 8.42 Å². The van der Waals surface area contributed by atoms with Gasteiger partial charge in [-0.2, -0.15) is 0 Å². The van der Waals surface area contributed by atoms with E-state index in [-0.39, 0.29) is 4.90 Å². The number of benzene rings is 1. The van der Waals surface area contributed by atoms with Crippen molar-refractivity contribution >= 4 is 10.0 Å². The van der Waals surface area contributed by atoms with Crippen molar-refractivity contribution in [3.63, 3.8) is 0 Å². The van der Waals surface area contributed by atoms with Crippen LogP contribution in [0.25, 0.3) is 0 Å². The van der Waals surface area contributed by atoms with Crippen LogP contribution in [0.15, 0.2) is 29.2 Å². The Morgan fingerprint density at radius 3 is 2.88 bits per heavy atom. The third-order valence-corrected chi connectivity index (χ3v) is 4.00. The Kier molecular flexibility index (Phi) is 3.13. The van der Waals surface area contributed by atoms with Gasteiger partial charge in [0, 0.05) is 12.6 Å². The Hall–Kier alpha value is -1.11. The van der Waals surface area contributed by atoms with Crippen molar-refractivity contribution in [2.45, 2.75) is 11.3 Å². The molecule has 0 spiro atoms. The third-order valence-electron chi connectivity index (χ3n) is 2.33. The average molecular weight is 243 g/mol. The topological polar surface area (TPSA) is 55.8 Å². The van der Waals surface area contributed by atoms with Crippen LogP contribution in [-0.2, 0) is 14.9 Å². The van der Waals surface area contributed by atoms with Gasteiger partial charge in [0.15, 0.2) is 0 Å². The number of hydrogen-bond donors (Lipinski definition) is 0. The van der Waals surface area contributed by atoms with E-state index < -0.39 is 10.0 Å². The molecular weight excluding hydrogens is 230 g/mol. The normalized spacial score (nSPS) is 17.6. The van der Waals surface area contributed by atoms with Crippen molar-refractivity contribution < 1.29 is 18.0 Å². The first-order chi connectivity index (χ1) is 7.64. The van der Waals surface area contributed by atoms with Crippen LogP contribution in [0.4, 0.5) is 0 Å². The Balaban J connectivity index is 2.34. The zero-order chi connectivity index (χ0) is 11.6. The maximum Gasteiger partial charge on any atom is 0.265 e. The molecule has 1 aromatic rings. The highest BCUT2D eigenvalue weighted by Crippen LogP contribution is 2.23. The fourth-order valence-electron chi connectivity index (χ4n) is 1.49. The maximum absolute atomic E-state index is 12.0. The molecule has 0 atom stereocenters. The first-order valence-corrected chi connectivity index (χ1v) is 6.38. The second-order valence-electron chi connectivity index (χ2n) is 3.40. The van der Waals surface area contributed by atoms with E-state index in [2.05, 4.69) is 0 Å². The first kappa shape index (κ1) is 11.4. The van der Waals surface area contributed by atoms with Gasteiger partial charge in [-0.3, -0.25) is 4.84 Å². The minimum atomic E-state index is -3.54. The molecule has 2 rings (SSSR count). The highest BCUT2D eigenvalue weighted by Gasteiger charge is 2.28. The van der Waals surface area contributed by atoms with Crippen molar-refractivity contribution in [2.24, 2.45) is 0 Å². The predicted octanol–water partition coefficient (Wildman–Crippen LogP) is 1.02. The number of sulfonamides is 1. The quantitative estimate of drug-likeness (QED) is 0.795. The number of methoxy groups -OCH3 is 1. The number of hydrogen-bond acceptors (Lipinski definition) is 4. The van der Waals surface area contributed by atoms with Crippen LogP contribution in [0.3, 0.4) is 0 Å². The standard InChI is InChI=1S/C10H13NO4S/c1-14-9-4-2-5-10(8-9)16(12,13)11-6-3-7-15-11/h2,4-5,8H,3,6-7H2,1H3. The van der Waals surface area contributed by atoms with E-state index in [1.54, 1.807) is 12.1 Å². The number of ether oxygens (including phenoxy) is 1. The van der Waals surface area contributed by atoms with Crippen LogP contribution in [-0.4, -0.2) is 33.1 Å². The largest absolute Gasteiger partial charge is 0.497 e. The molecule has 0 unspecified atom stereocenters. The Morgan fingerprint density at radius 1 is 1.44 bits per heavy atom. The molecule has 5 nitrogen and oxygen atoms in total. The van der Waals surface area contributed by atoms with Crippen molar-refractivity contribution in [1.82, 2.24) is 4.47 Å². The highest BCUT2D eigenvalue weighted by atomic mass is 32.2. The highest BCUT2D eigenvalue weighted by molar-refractivity contribution is 7.89. The molecular formula is C10H13NO4S. The lowest BCUT2D eigenvalue weighted by Crippen LogP contribution is -2.26. The minimum Gasteiger partial charge on any atom is -0.497 e. The van der Waals surface area contributed by atoms with Crippen molar-refractivity contribution in [2.75, 3.05) is 20.3 Å². The van der Waals surface area contributed by atoms with Gasteiger partial charge in [0.05, 0.1) is 18.6 Å². The fourth-order valence-corrected chi connectivity index (χ4v) is 2.83. The van der Waals surface area contributed by atoms with Crippen LogP contribution in [0.2, 0.25) is 0 Å². The molecule has 88 valence electrons. The molecule has 0 saturated carbocycles. The van der Waals surface area contributed by atoms with E-state index in [0.717, 1.165) is 10.9 Å². The molecule has 0 radical (unpaired) electrons. The van der Waals surface area contributed by atoms with Gasteiger partial charge in [-0.15, -0.1) is 0 Å². The molecule has 0 N–H and O–H groups in total. The molecule has 0 amide bonds. The third kappa shape index (κ3) is 2.04. The Morgan fingerprint density at radius 2 is 2.25 bits per heavy atom. The zero-order valence-electron chi connectivity index (χ0n) is 8.92. The van der Waals surface area contributed by atoms with E-state index in [4.69, 9.17) is 9.57 Å². The van der Waals surface area contributed by atoms with Crippen LogP contribution in [0.5, 0.6) is 5.75 Å². The van der Waals surface area contributed by atoms with E-state index in [1.807, 2.05) is 0 Å². The molecule has 16 heavy (non-hydrogen) atoms. The minimum absolute atomic E-state index is 0.189. The summed E-state index contributed by atoms with van der Waals surface area (Å²) < 4.78 is 30.1. The first-order valence-electron chi connectivity index (χ1n) is 4.94. The average Bonchev–Trinajstić information content (AvgIpc) is 2.83. The van der Waals surface area contributed by atoms with Gasteiger partial charge in [-0.25, -0.2) is 8.42 Å². The monoisotopic (exact) mass is 243 g/mol. The summed E-state index contributed by atoms with van der Waals surface area (Å²) in [7, 11) is -2.04. The van der Waals surface area contributed by atoms with E-state index >= 15 is 0 Å². The molecule has 0 aromatic heterocycles. The molecule has 1 aliphatic rings. The summed E-state index contributed by atoms with van der Waals surface area (Å²) in [6.45, 7) is 0.850. The lowest BCUT2D eigenvalue weighted by Gasteiger charge is -2.14. The summed E-state index contributed by atoms with van der Waals surface area (Å²) in [5.74, 6) is 0.514. The SMILES string of the molecule is COc1cccc(S(=O)(=O)N2CCCO2)c1. The maximum atomic E-state index is 12.0. The second-order valence-corrected chi connectivity index (χ2v) is 5.23. The molecule has 1 aromatic carbocycles. The summed E-state index contributed by atoms with van der Waals surface area (Å²) in [6, 6.07) is 6.35. The smallest absolute Gasteiger partial charge is 0.265 e. The summed E-state index contributed by atoms with van der Waals surface area (Å²) >= 11 is 0. The van der Waals surface area contributed by atoms with Gasteiger partial charge in [0.2, 0.25) is 0 Å². The second kappa shape index (κ2) is 4.40. The lowest BCUT2D eigenvalue weighted by molar-refractivity contribution is -0.0284. The molecule has 0 bridgehead atoms. The van der Waals surface area contributed by atoms with E-state index in [1.165, 1.54) is 19.2 Å². The van der Waals surface area contributed by atoms with Gasteiger partial charge in [0.25, 0.3) is 10.0 Å².